The molecular weight excluding hydrogens is 462 g/mol. The second-order valence-electron chi connectivity index (χ2n) is 8.90. The standard InChI is InChI=1S/C28H28F2N4O2/c1-18(35)34(15-5-14-33(2)3)23-11-9-22(10-12-23)31-27(19-6-4-7-20(29)16-19)26-24-13-8-21(30)17-25(24)32-28(26)36/h4,6-13,16-17,31H,5,14-15H2,1-3H3,(H,32,36). The Morgan fingerprint density at radius 2 is 1.67 bits per heavy atom. The molecule has 0 radical (unpaired) electrons. The maximum Gasteiger partial charge on any atom is 0.258 e. The van der Waals surface area contributed by atoms with E-state index >= 15 is 0 Å². The zero-order valence-electron chi connectivity index (χ0n) is 20.4. The number of fused-ring (bicyclic) bond motifs is 1. The van der Waals surface area contributed by atoms with Gasteiger partial charge in [-0.2, -0.15) is 0 Å². The maximum atomic E-state index is 14.1. The van der Waals surface area contributed by atoms with Crippen LogP contribution in [-0.2, 0) is 9.59 Å². The zero-order chi connectivity index (χ0) is 25.8. The van der Waals surface area contributed by atoms with Gasteiger partial charge in [0.15, 0.2) is 0 Å². The number of hydrogen-bond donors (Lipinski definition) is 2. The van der Waals surface area contributed by atoms with Crippen LogP contribution in [0, 0.1) is 11.6 Å². The number of amides is 2. The minimum Gasteiger partial charge on any atom is -0.354 e. The first-order valence-electron chi connectivity index (χ1n) is 11.6. The van der Waals surface area contributed by atoms with Gasteiger partial charge in [0.2, 0.25) is 5.91 Å². The molecule has 3 aromatic carbocycles. The normalized spacial score (nSPS) is 13.9. The summed E-state index contributed by atoms with van der Waals surface area (Å²) in [6, 6.07) is 17.2. The van der Waals surface area contributed by atoms with Gasteiger partial charge in [-0.15, -0.1) is 0 Å². The van der Waals surface area contributed by atoms with E-state index in [1.54, 1.807) is 29.2 Å². The summed E-state index contributed by atoms with van der Waals surface area (Å²) in [4.78, 5) is 28.9. The molecule has 1 heterocycles. The van der Waals surface area contributed by atoms with Crippen molar-refractivity contribution in [2.45, 2.75) is 13.3 Å². The topological polar surface area (TPSA) is 64.7 Å². The molecule has 4 rings (SSSR count). The molecule has 0 aliphatic carbocycles. The molecule has 0 atom stereocenters. The number of nitrogens with zero attached hydrogens (tertiary/aromatic N) is 2. The Morgan fingerprint density at radius 3 is 2.33 bits per heavy atom. The summed E-state index contributed by atoms with van der Waals surface area (Å²) in [5.74, 6) is -1.38. The van der Waals surface area contributed by atoms with Gasteiger partial charge in [0.05, 0.1) is 17.0 Å². The van der Waals surface area contributed by atoms with Crippen LogP contribution < -0.4 is 15.5 Å². The van der Waals surface area contributed by atoms with E-state index in [0.717, 1.165) is 18.7 Å². The van der Waals surface area contributed by atoms with Gasteiger partial charge in [0.25, 0.3) is 5.91 Å². The predicted octanol–water partition coefficient (Wildman–Crippen LogP) is 5.20. The lowest BCUT2D eigenvalue weighted by Crippen LogP contribution is -2.31. The number of nitrogens with one attached hydrogen (secondary N) is 2. The molecule has 0 spiro atoms. The maximum absolute atomic E-state index is 14.1. The second-order valence-corrected chi connectivity index (χ2v) is 8.90. The van der Waals surface area contributed by atoms with Gasteiger partial charge >= 0.3 is 0 Å². The predicted molar refractivity (Wildman–Crippen MR) is 140 cm³/mol. The fourth-order valence-corrected chi connectivity index (χ4v) is 4.20. The van der Waals surface area contributed by atoms with Crippen LogP contribution in [0.25, 0.3) is 11.3 Å². The Morgan fingerprint density at radius 1 is 0.944 bits per heavy atom. The van der Waals surface area contributed by atoms with Crippen LogP contribution in [0.4, 0.5) is 25.8 Å². The molecule has 1 aliphatic heterocycles. The lowest BCUT2D eigenvalue weighted by atomic mass is 10.00. The number of benzene rings is 3. The highest BCUT2D eigenvalue weighted by Gasteiger charge is 2.29. The lowest BCUT2D eigenvalue weighted by molar-refractivity contribution is -0.116. The molecule has 36 heavy (non-hydrogen) atoms. The molecule has 6 nitrogen and oxygen atoms in total. The van der Waals surface area contributed by atoms with Crippen molar-refractivity contribution in [3.8, 4) is 0 Å². The first-order chi connectivity index (χ1) is 17.2. The van der Waals surface area contributed by atoms with Crippen LogP contribution in [0.3, 0.4) is 0 Å². The second kappa shape index (κ2) is 10.7. The highest BCUT2D eigenvalue weighted by molar-refractivity contribution is 6.37. The molecule has 0 fully saturated rings. The molecule has 2 N–H and O–H groups in total. The van der Waals surface area contributed by atoms with Crippen LogP contribution in [0.5, 0.6) is 0 Å². The van der Waals surface area contributed by atoms with Crippen LogP contribution >= 0.6 is 0 Å². The van der Waals surface area contributed by atoms with E-state index in [0.29, 0.717) is 34.7 Å². The molecule has 0 saturated heterocycles. The monoisotopic (exact) mass is 490 g/mol. The largest absolute Gasteiger partial charge is 0.354 e. The number of rotatable bonds is 8. The number of anilines is 3. The van der Waals surface area contributed by atoms with E-state index < -0.39 is 17.5 Å². The van der Waals surface area contributed by atoms with Crippen LogP contribution in [0.1, 0.15) is 24.5 Å². The molecule has 1 aliphatic rings. The molecule has 0 unspecified atom stereocenters. The minimum absolute atomic E-state index is 0.0523. The molecule has 8 heteroatoms. The van der Waals surface area contributed by atoms with Gasteiger partial charge in [-0.3, -0.25) is 9.59 Å². The van der Waals surface area contributed by atoms with Gasteiger partial charge in [0, 0.05) is 36.0 Å². The van der Waals surface area contributed by atoms with Crippen molar-refractivity contribution >= 4 is 40.1 Å². The summed E-state index contributed by atoms with van der Waals surface area (Å²) >= 11 is 0. The summed E-state index contributed by atoms with van der Waals surface area (Å²) in [7, 11) is 3.98. The van der Waals surface area contributed by atoms with Crippen molar-refractivity contribution in [3.63, 3.8) is 0 Å². The smallest absolute Gasteiger partial charge is 0.258 e. The van der Waals surface area contributed by atoms with Crippen molar-refractivity contribution in [1.82, 2.24) is 4.90 Å². The van der Waals surface area contributed by atoms with Crippen LogP contribution in [0.2, 0.25) is 0 Å². The highest BCUT2D eigenvalue weighted by Crippen LogP contribution is 2.38. The third-order valence-electron chi connectivity index (χ3n) is 5.90. The van der Waals surface area contributed by atoms with Gasteiger partial charge in [-0.05, 0) is 81.7 Å². The average Bonchev–Trinajstić information content (AvgIpc) is 3.15. The Bertz CT molecular complexity index is 1320. The Balaban J connectivity index is 1.69. The van der Waals surface area contributed by atoms with Gasteiger partial charge in [-0.1, -0.05) is 12.1 Å². The lowest BCUT2D eigenvalue weighted by Gasteiger charge is -2.23. The quantitative estimate of drug-likeness (QED) is 0.426. The van der Waals surface area contributed by atoms with Crippen LogP contribution in [0.15, 0.2) is 66.7 Å². The Kier molecular flexibility index (Phi) is 7.45. The third-order valence-corrected chi connectivity index (χ3v) is 5.90. The summed E-state index contributed by atoms with van der Waals surface area (Å²) in [5.41, 5.74) is 3.42. The third kappa shape index (κ3) is 5.60. The summed E-state index contributed by atoms with van der Waals surface area (Å²) in [6.45, 7) is 2.99. The average molecular weight is 491 g/mol. The van der Waals surface area contributed by atoms with Crippen LogP contribution in [-0.4, -0.2) is 43.9 Å². The molecule has 3 aromatic rings. The zero-order valence-corrected chi connectivity index (χ0v) is 20.4. The van der Waals surface area contributed by atoms with E-state index in [4.69, 9.17) is 0 Å². The highest BCUT2D eigenvalue weighted by atomic mass is 19.1. The Hall–Kier alpha value is -4.04. The summed E-state index contributed by atoms with van der Waals surface area (Å²) in [6.07, 6.45) is 0.831. The van der Waals surface area contributed by atoms with E-state index in [2.05, 4.69) is 15.5 Å². The summed E-state index contributed by atoms with van der Waals surface area (Å²) < 4.78 is 27.9. The van der Waals surface area contributed by atoms with E-state index in [9.17, 15) is 18.4 Å². The minimum atomic E-state index is -0.466. The number of hydrogen-bond acceptors (Lipinski definition) is 4. The van der Waals surface area contributed by atoms with Gasteiger partial charge in [-0.25, -0.2) is 8.78 Å². The summed E-state index contributed by atoms with van der Waals surface area (Å²) in [5, 5.41) is 5.94. The van der Waals surface area contributed by atoms with Crippen molar-refractivity contribution in [3.05, 3.63) is 89.5 Å². The number of halogens is 2. The molecule has 0 bridgehead atoms. The van der Waals surface area contributed by atoms with E-state index in [1.165, 1.54) is 37.3 Å². The first kappa shape index (κ1) is 25.1. The molecule has 186 valence electrons. The number of carbonyl (C=O) groups excluding carboxylic acids is 2. The SMILES string of the molecule is CC(=O)N(CCCN(C)C)c1ccc(NC(=C2C(=O)Nc3cc(F)ccc32)c2cccc(F)c2)cc1. The number of carbonyl (C=O) groups is 2. The van der Waals surface area contributed by atoms with E-state index in [-0.39, 0.29) is 11.5 Å². The fourth-order valence-electron chi connectivity index (χ4n) is 4.20. The molecular formula is C28H28F2N4O2. The first-order valence-corrected chi connectivity index (χ1v) is 11.6. The van der Waals surface area contributed by atoms with Crippen molar-refractivity contribution in [1.29, 1.82) is 0 Å². The van der Waals surface area contributed by atoms with Crippen molar-refractivity contribution in [2.75, 3.05) is 42.7 Å². The molecule has 0 aromatic heterocycles. The van der Waals surface area contributed by atoms with Gasteiger partial charge in [0.1, 0.15) is 11.6 Å². The molecule has 0 saturated carbocycles. The molecule has 2 amide bonds. The van der Waals surface area contributed by atoms with Crippen molar-refractivity contribution in [2.24, 2.45) is 0 Å². The van der Waals surface area contributed by atoms with Crippen molar-refractivity contribution < 1.29 is 18.4 Å². The van der Waals surface area contributed by atoms with E-state index in [1.807, 2.05) is 26.2 Å². The fraction of sp³-hybridized carbons (Fsp3) is 0.214. The van der Waals surface area contributed by atoms with Gasteiger partial charge < -0.3 is 20.4 Å². The Labute approximate surface area is 209 Å².